The normalized spacial score (nSPS) is 62.1. The third kappa shape index (κ3) is 0.728. The zero-order valence-electron chi connectivity index (χ0n) is 9.72. The quantitative estimate of drug-likeness (QED) is 0.547. The van der Waals surface area contributed by atoms with Gasteiger partial charge in [-0.3, -0.25) is 4.90 Å². The first kappa shape index (κ1) is 5.99. The first-order valence-corrected chi connectivity index (χ1v) is 4.54. The first-order valence-electron chi connectivity index (χ1n) is 5.54. The predicted octanol–water partition coefficient (Wildman–Crippen LogP) is 1.63. The molecule has 0 aliphatic carbocycles. The largest absolute Gasteiger partial charge is 0.285 e. The zero-order chi connectivity index (χ0) is 10.6. The smallest absolute Gasteiger partial charge is 0.114 e. The van der Waals surface area contributed by atoms with Crippen LogP contribution in [-0.2, 0) is 0 Å². The Morgan fingerprint density at radius 3 is 2.25 bits per heavy atom. The van der Waals surface area contributed by atoms with Crippen molar-refractivity contribution in [2.75, 3.05) is 13.1 Å². The van der Waals surface area contributed by atoms with Gasteiger partial charge in [0.25, 0.3) is 0 Å². The van der Waals surface area contributed by atoms with Gasteiger partial charge in [0.15, 0.2) is 0 Å². The van der Waals surface area contributed by atoms with Crippen LogP contribution in [0.5, 0.6) is 0 Å². The van der Waals surface area contributed by atoms with Gasteiger partial charge in [-0.05, 0) is 24.6 Å². The number of rotatable bonds is 0. The van der Waals surface area contributed by atoms with E-state index >= 15 is 0 Å². The van der Waals surface area contributed by atoms with Gasteiger partial charge in [0.2, 0.25) is 0 Å². The molecule has 2 saturated heterocycles. The Morgan fingerprint density at radius 2 is 1.92 bits per heavy atom. The van der Waals surface area contributed by atoms with Crippen LogP contribution in [0, 0.1) is 23.1 Å². The van der Waals surface area contributed by atoms with Crippen LogP contribution in [0.15, 0.2) is 0 Å². The lowest BCUT2D eigenvalue weighted by molar-refractivity contribution is 0.184. The third-order valence-electron chi connectivity index (χ3n) is 3.38. The molecule has 1 unspecified atom stereocenters. The fourth-order valence-electron chi connectivity index (χ4n) is 2.58. The molecule has 2 rings (SSSR count). The molecule has 0 saturated carbocycles. The Labute approximate surface area is 77.0 Å². The zero-order valence-corrected chi connectivity index (χ0v) is 7.72. The minimum atomic E-state index is -0.889. The van der Waals surface area contributed by atoms with E-state index < -0.39 is 17.3 Å². The predicted molar refractivity (Wildman–Crippen MR) is 47.5 cm³/mol. The van der Waals surface area contributed by atoms with E-state index in [0.29, 0.717) is 12.8 Å². The fraction of sp³-hybridized carbons (Fsp3) is 0.900. The summed E-state index contributed by atoms with van der Waals surface area (Å²) < 4.78 is 16.5. The van der Waals surface area contributed by atoms with Crippen molar-refractivity contribution in [3.63, 3.8) is 0 Å². The molecular weight excluding hydrogens is 148 g/mol. The number of hydrogen-bond acceptors (Lipinski definition) is 2. The van der Waals surface area contributed by atoms with Crippen molar-refractivity contribution in [2.24, 2.45) is 11.8 Å². The topological polar surface area (TPSA) is 27.0 Å². The Morgan fingerprint density at radius 1 is 1.42 bits per heavy atom. The van der Waals surface area contributed by atoms with Crippen LogP contribution in [0.3, 0.4) is 0 Å². The molecule has 2 heteroatoms. The summed E-state index contributed by atoms with van der Waals surface area (Å²) in [6.07, 6.45) is 1.41. The summed E-state index contributed by atoms with van der Waals surface area (Å²) in [6.45, 7) is 5.19. The van der Waals surface area contributed by atoms with Crippen molar-refractivity contribution >= 4 is 0 Å². The summed E-state index contributed by atoms with van der Waals surface area (Å²) in [4.78, 5) is 2.03. The summed E-state index contributed by atoms with van der Waals surface area (Å²) >= 11 is 0. The van der Waals surface area contributed by atoms with Crippen molar-refractivity contribution in [1.29, 1.82) is 5.26 Å². The lowest BCUT2D eigenvalue weighted by atomic mass is 9.79. The van der Waals surface area contributed by atoms with E-state index in [1.807, 2.05) is 4.90 Å². The number of nitrogens with zero attached hydrogens (tertiary/aromatic N) is 2. The van der Waals surface area contributed by atoms with Gasteiger partial charge in [0.1, 0.15) is 5.54 Å². The Kier molecular flexibility index (Phi) is 1.23. The Bertz CT molecular complexity index is 284. The number of fused-ring (bicyclic) bond motifs is 1. The van der Waals surface area contributed by atoms with Crippen LogP contribution in [0.1, 0.15) is 29.4 Å². The Balaban J connectivity index is 2.55. The molecule has 0 N–H and O–H groups in total. The van der Waals surface area contributed by atoms with Crippen LogP contribution in [0.4, 0.5) is 0 Å². The van der Waals surface area contributed by atoms with Gasteiger partial charge in [-0.15, -0.1) is 0 Å². The van der Waals surface area contributed by atoms with E-state index in [-0.39, 0.29) is 0 Å². The van der Waals surface area contributed by atoms with Crippen LogP contribution in [0.2, 0.25) is 0 Å². The van der Waals surface area contributed by atoms with Crippen LogP contribution in [-0.4, -0.2) is 23.5 Å². The van der Waals surface area contributed by atoms with Gasteiger partial charge < -0.3 is 0 Å². The minimum absolute atomic E-state index is 0.703. The standard InChI is InChI=1S/C10H16N2/c1-8-3-5-12-6-4-9(2)10(8,12)7-11/h8-9H,3-6H2,1-2H3/t8-,9+,10?/i8D,9D. The first-order chi connectivity index (χ1) is 6.37. The fourth-order valence-corrected chi connectivity index (χ4v) is 2.58. The molecule has 3 atom stereocenters. The second kappa shape index (κ2) is 2.47. The Hall–Kier alpha value is -0.550. The molecular formula is C10H16N2. The van der Waals surface area contributed by atoms with E-state index in [9.17, 15) is 5.26 Å². The van der Waals surface area contributed by atoms with Gasteiger partial charge in [-0.1, -0.05) is 13.8 Å². The molecule has 2 aliphatic heterocycles. The SMILES string of the molecule is [2H][C@]1(C)CCN2CC[C@@]([2H])(C)C21C#N. The van der Waals surface area contributed by atoms with E-state index in [1.54, 1.807) is 13.8 Å². The highest BCUT2D eigenvalue weighted by atomic mass is 15.3. The lowest BCUT2D eigenvalue weighted by Crippen LogP contribution is -2.44. The maximum atomic E-state index is 9.37. The maximum Gasteiger partial charge on any atom is 0.114 e. The van der Waals surface area contributed by atoms with Crippen molar-refractivity contribution in [3.05, 3.63) is 0 Å². The second-order valence-corrected chi connectivity index (χ2v) is 3.87. The monoisotopic (exact) mass is 166 g/mol. The molecule has 0 radical (unpaired) electrons. The molecule has 66 valence electrons. The average Bonchev–Trinajstić information content (AvgIpc) is 2.48. The highest BCUT2D eigenvalue weighted by Gasteiger charge is 2.54. The molecule has 2 nitrogen and oxygen atoms in total. The molecule has 0 bridgehead atoms. The van der Waals surface area contributed by atoms with Crippen molar-refractivity contribution in [3.8, 4) is 6.07 Å². The van der Waals surface area contributed by atoms with Crippen LogP contribution >= 0.6 is 0 Å². The van der Waals surface area contributed by atoms with Crippen LogP contribution in [0.25, 0.3) is 0 Å². The number of nitriles is 1. The van der Waals surface area contributed by atoms with Gasteiger partial charge in [0.05, 0.1) is 6.07 Å². The van der Waals surface area contributed by atoms with E-state index in [2.05, 4.69) is 6.07 Å². The van der Waals surface area contributed by atoms with Gasteiger partial charge in [-0.2, -0.15) is 5.26 Å². The molecule has 0 aromatic carbocycles. The van der Waals surface area contributed by atoms with Gasteiger partial charge in [0, 0.05) is 15.8 Å². The van der Waals surface area contributed by atoms with E-state index in [1.165, 1.54) is 0 Å². The molecule has 2 aliphatic rings. The summed E-state index contributed by atoms with van der Waals surface area (Å²) in [5.41, 5.74) is -0.889. The molecule has 0 spiro atoms. The molecule has 0 aromatic rings. The molecule has 2 heterocycles. The summed E-state index contributed by atoms with van der Waals surface area (Å²) in [5.74, 6) is -1.59. The van der Waals surface area contributed by atoms with Gasteiger partial charge in [-0.25, -0.2) is 0 Å². The van der Waals surface area contributed by atoms with Crippen LogP contribution < -0.4 is 0 Å². The number of hydrogen-bond donors (Lipinski definition) is 0. The van der Waals surface area contributed by atoms with E-state index in [4.69, 9.17) is 2.74 Å². The molecule has 12 heavy (non-hydrogen) atoms. The lowest BCUT2D eigenvalue weighted by Gasteiger charge is -2.32. The van der Waals surface area contributed by atoms with E-state index in [0.717, 1.165) is 13.1 Å². The summed E-state index contributed by atoms with van der Waals surface area (Å²) in [5, 5.41) is 9.37. The molecule has 0 amide bonds. The minimum Gasteiger partial charge on any atom is -0.285 e. The van der Waals surface area contributed by atoms with Crippen molar-refractivity contribution in [2.45, 2.75) is 32.2 Å². The summed E-state index contributed by atoms with van der Waals surface area (Å²) in [6, 6.07) is 2.27. The third-order valence-corrected chi connectivity index (χ3v) is 3.38. The van der Waals surface area contributed by atoms with Gasteiger partial charge >= 0.3 is 0 Å². The molecule has 2 fully saturated rings. The molecule has 0 aromatic heterocycles. The summed E-state index contributed by atoms with van der Waals surface area (Å²) in [7, 11) is 0. The average molecular weight is 166 g/mol. The van der Waals surface area contributed by atoms with Crippen molar-refractivity contribution in [1.82, 2.24) is 4.90 Å². The van der Waals surface area contributed by atoms with Crippen molar-refractivity contribution < 1.29 is 2.74 Å². The highest BCUT2D eigenvalue weighted by Crippen LogP contribution is 2.45. The second-order valence-electron chi connectivity index (χ2n) is 3.87. The maximum absolute atomic E-state index is 9.37. The highest BCUT2D eigenvalue weighted by molar-refractivity contribution is 5.19.